The van der Waals surface area contributed by atoms with Crippen LogP contribution in [0.2, 0.25) is 0 Å². The van der Waals surface area contributed by atoms with E-state index in [-0.39, 0.29) is 5.92 Å². The summed E-state index contributed by atoms with van der Waals surface area (Å²) in [5, 5.41) is 2.13. The number of amides is 1. The van der Waals surface area contributed by atoms with Crippen molar-refractivity contribution in [1.29, 1.82) is 0 Å². The van der Waals surface area contributed by atoms with E-state index < -0.39 is 0 Å². The Kier molecular flexibility index (Phi) is 3.99. The molecule has 23 heavy (non-hydrogen) atoms. The molecule has 1 unspecified atom stereocenters. The number of aromatic nitrogens is 2. The molecule has 5 nitrogen and oxygen atoms in total. The van der Waals surface area contributed by atoms with E-state index in [0.717, 1.165) is 51.3 Å². The number of hydrogen-bond acceptors (Lipinski definition) is 5. The van der Waals surface area contributed by atoms with Gasteiger partial charge >= 0.3 is 0 Å². The summed E-state index contributed by atoms with van der Waals surface area (Å²) < 4.78 is 0. The SMILES string of the molecule is O=C(C1CCCN(c2cnccn2)C1)N1CCc2sccc2C1. The summed E-state index contributed by atoms with van der Waals surface area (Å²) in [6.07, 6.45) is 8.18. The van der Waals surface area contributed by atoms with Crippen LogP contribution in [0.15, 0.2) is 30.0 Å². The van der Waals surface area contributed by atoms with Gasteiger partial charge in [-0.3, -0.25) is 9.78 Å². The Labute approximate surface area is 140 Å². The fourth-order valence-electron chi connectivity index (χ4n) is 3.54. The molecule has 2 aliphatic rings. The second-order valence-electron chi connectivity index (χ2n) is 6.23. The van der Waals surface area contributed by atoms with Gasteiger partial charge in [-0.2, -0.15) is 0 Å². The van der Waals surface area contributed by atoms with E-state index in [0.29, 0.717) is 5.91 Å². The molecule has 120 valence electrons. The van der Waals surface area contributed by atoms with Crippen LogP contribution in [0.3, 0.4) is 0 Å². The van der Waals surface area contributed by atoms with Gasteiger partial charge in [0.25, 0.3) is 0 Å². The molecule has 0 spiro atoms. The lowest BCUT2D eigenvalue weighted by Gasteiger charge is -2.36. The summed E-state index contributed by atoms with van der Waals surface area (Å²) >= 11 is 1.81. The number of hydrogen-bond donors (Lipinski definition) is 0. The lowest BCUT2D eigenvalue weighted by molar-refractivity contribution is -0.136. The zero-order chi connectivity index (χ0) is 15.6. The Balaban J connectivity index is 1.44. The van der Waals surface area contributed by atoms with Gasteiger partial charge in [0.2, 0.25) is 5.91 Å². The normalized spacial score (nSPS) is 21.1. The maximum absolute atomic E-state index is 12.9. The molecule has 2 aromatic heterocycles. The molecular weight excluding hydrogens is 308 g/mol. The third kappa shape index (κ3) is 2.95. The van der Waals surface area contributed by atoms with Crippen LogP contribution in [-0.4, -0.2) is 40.4 Å². The molecule has 4 heterocycles. The molecule has 0 bridgehead atoms. The second-order valence-corrected chi connectivity index (χ2v) is 7.23. The first-order chi connectivity index (χ1) is 11.3. The molecule has 2 aromatic rings. The van der Waals surface area contributed by atoms with Gasteiger partial charge in [0, 0.05) is 43.4 Å². The minimum absolute atomic E-state index is 0.0749. The number of rotatable bonds is 2. The standard InChI is InChI=1S/C17H20N4OS/c22-17(21-8-3-15-13(11-21)4-9-23-15)14-2-1-7-20(12-14)16-10-18-5-6-19-16/h4-6,9-10,14H,1-3,7-8,11-12H2. The van der Waals surface area contributed by atoms with E-state index in [9.17, 15) is 4.79 Å². The molecule has 2 aliphatic heterocycles. The lowest BCUT2D eigenvalue weighted by atomic mass is 9.95. The quantitative estimate of drug-likeness (QED) is 0.849. The molecule has 0 aliphatic carbocycles. The summed E-state index contributed by atoms with van der Waals surface area (Å²) in [5.41, 5.74) is 1.33. The van der Waals surface area contributed by atoms with E-state index in [2.05, 4.69) is 26.3 Å². The van der Waals surface area contributed by atoms with E-state index in [1.165, 1.54) is 10.4 Å². The molecule has 6 heteroatoms. The van der Waals surface area contributed by atoms with Crippen molar-refractivity contribution in [2.75, 3.05) is 24.5 Å². The predicted octanol–water partition coefficient (Wildman–Crippen LogP) is 2.34. The number of thiophene rings is 1. The Morgan fingerprint density at radius 3 is 3.13 bits per heavy atom. The Morgan fingerprint density at radius 1 is 1.30 bits per heavy atom. The summed E-state index contributed by atoms with van der Waals surface area (Å²) in [6, 6.07) is 2.16. The van der Waals surface area contributed by atoms with Gasteiger partial charge in [0.05, 0.1) is 12.1 Å². The molecule has 0 saturated carbocycles. The van der Waals surface area contributed by atoms with Gasteiger partial charge in [0.15, 0.2) is 0 Å². The minimum Gasteiger partial charge on any atom is -0.355 e. The summed E-state index contributed by atoms with van der Waals surface area (Å²) in [4.78, 5) is 27.1. The van der Waals surface area contributed by atoms with Crippen LogP contribution in [0.4, 0.5) is 5.82 Å². The van der Waals surface area contributed by atoms with Crippen LogP contribution in [-0.2, 0) is 17.8 Å². The van der Waals surface area contributed by atoms with Crippen molar-refractivity contribution in [2.45, 2.75) is 25.8 Å². The highest BCUT2D eigenvalue weighted by Gasteiger charge is 2.31. The molecule has 0 radical (unpaired) electrons. The van der Waals surface area contributed by atoms with Crippen LogP contribution in [0, 0.1) is 5.92 Å². The highest BCUT2D eigenvalue weighted by atomic mass is 32.1. The van der Waals surface area contributed by atoms with Crippen molar-refractivity contribution in [2.24, 2.45) is 5.92 Å². The summed E-state index contributed by atoms with van der Waals surface area (Å²) in [6.45, 7) is 3.34. The number of nitrogens with zero attached hydrogens (tertiary/aromatic N) is 4. The zero-order valence-corrected chi connectivity index (χ0v) is 13.8. The molecule has 1 fully saturated rings. The van der Waals surface area contributed by atoms with Gasteiger partial charge in [-0.05, 0) is 36.3 Å². The molecule has 4 rings (SSSR count). The van der Waals surface area contributed by atoms with Crippen LogP contribution in [0.25, 0.3) is 0 Å². The predicted molar refractivity (Wildman–Crippen MR) is 90.4 cm³/mol. The summed E-state index contributed by atoms with van der Waals surface area (Å²) in [7, 11) is 0. The Bertz CT molecular complexity index is 687. The largest absolute Gasteiger partial charge is 0.355 e. The van der Waals surface area contributed by atoms with E-state index in [1.54, 1.807) is 18.6 Å². The summed E-state index contributed by atoms with van der Waals surface area (Å²) in [5.74, 6) is 1.25. The van der Waals surface area contributed by atoms with Crippen molar-refractivity contribution in [1.82, 2.24) is 14.9 Å². The second kappa shape index (κ2) is 6.28. The highest BCUT2D eigenvalue weighted by molar-refractivity contribution is 7.10. The fourth-order valence-corrected chi connectivity index (χ4v) is 4.43. The fraction of sp³-hybridized carbons (Fsp3) is 0.471. The zero-order valence-electron chi connectivity index (χ0n) is 13.0. The first-order valence-corrected chi connectivity index (χ1v) is 9.04. The van der Waals surface area contributed by atoms with Crippen LogP contribution >= 0.6 is 11.3 Å². The third-order valence-corrected chi connectivity index (χ3v) is 5.79. The van der Waals surface area contributed by atoms with E-state index in [1.807, 2.05) is 16.2 Å². The van der Waals surface area contributed by atoms with Crippen LogP contribution in [0.1, 0.15) is 23.3 Å². The lowest BCUT2D eigenvalue weighted by Crippen LogP contribution is -2.46. The molecule has 1 atom stereocenters. The van der Waals surface area contributed by atoms with Gasteiger partial charge in [0.1, 0.15) is 5.82 Å². The van der Waals surface area contributed by atoms with E-state index in [4.69, 9.17) is 0 Å². The topological polar surface area (TPSA) is 49.3 Å². The van der Waals surface area contributed by atoms with Gasteiger partial charge in [-0.15, -0.1) is 11.3 Å². The van der Waals surface area contributed by atoms with Crippen LogP contribution in [0.5, 0.6) is 0 Å². The number of fused-ring (bicyclic) bond motifs is 1. The molecule has 0 N–H and O–H groups in total. The van der Waals surface area contributed by atoms with Crippen molar-refractivity contribution >= 4 is 23.1 Å². The van der Waals surface area contributed by atoms with Gasteiger partial charge < -0.3 is 9.80 Å². The maximum Gasteiger partial charge on any atom is 0.227 e. The number of anilines is 1. The average Bonchev–Trinajstić information content (AvgIpc) is 3.09. The number of piperidine rings is 1. The minimum atomic E-state index is 0.0749. The molecule has 1 saturated heterocycles. The van der Waals surface area contributed by atoms with Crippen molar-refractivity contribution < 1.29 is 4.79 Å². The van der Waals surface area contributed by atoms with Crippen molar-refractivity contribution in [3.8, 4) is 0 Å². The highest BCUT2D eigenvalue weighted by Crippen LogP contribution is 2.27. The van der Waals surface area contributed by atoms with E-state index >= 15 is 0 Å². The molecular formula is C17H20N4OS. The van der Waals surface area contributed by atoms with Crippen molar-refractivity contribution in [3.05, 3.63) is 40.5 Å². The number of carbonyl (C=O) groups excluding carboxylic acids is 1. The monoisotopic (exact) mass is 328 g/mol. The third-order valence-electron chi connectivity index (χ3n) is 4.76. The molecule has 0 aromatic carbocycles. The first-order valence-electron chi connectivity index (χ1n) is 8.16. The Morgan fingerprint density at radius 2 is 2.26 bits per heavy atom. The van der Waals surface area contributed by atoms with Crippen molar-refractivity contribution in [3.63, 3.8) is 0 Å². The van der Waals surface area contributed by atoms with Gasteiger partial charge in [-0.1, -0.05) is 0 Å². The van der Waals surface area contributed by atoms with Gasteiger partial charge in [-0.25, -0.2) is 4.98 Å². The number of carbonyl (C=O) groups is 1. The Hall–Kier alpha value is -1.95. The molecule has 1 amide bonds. The smallest absolute Gasteiger partial charge is 0.227 e. The first kappa shape index (κ1) is 14.6. The van der Waals surface area contributed by atoms with Crippen LogP contribution < -0.4 is 4.90 Å². The average molecular weight is 328 g/mol. The maximum atomic E-state index is 12.9.